The van der Waals surface area contributed by atoms with Crippen LogP contribution in [0.25, 0.3) is 11.0 Å². The number of terminal acetylenes is 1. The van der Waals surface area contributed by atoms with E-state index in [1.807, 2.05) is 42.5 Å². The lowest BCUT2D eigenvalue weighted by Crippen LogP contribution is -2.19. The summed E-state index contributed by atoms with van der Waals surface area (Å²) in [5.41, 5.74) is 4.51. The Morgan fingerprint density at radius 3 is 2.24 bits per heavy atom. The number of nitrogens with one attached hydrogen (secondary N) is 1. The molecular weight excluding hydrogens is 262 g/mol. The Kier molecular flexibility index (Phi) is 3.03. The van der Waals surface area contributed by atoms with Gasteiger partial charge in [0.25, 0.3) is 0 Å². The number of fused-ring (bicyclic) bond motifs is 1. The number of imidazole rings is 1. The van der Waals surface area contributed by atoms with E-state index in [1.54, 1.807) is 23.2 Å². The molecule has 0 atom stereocenters. The third kappa shape index (κ3) is 2.19. The maximum atomic E-state index is 11.9. The Labute approximate surface area is 122 Å². The fourth-order valence-electron chi connectivity index (χ4n) is 2.40. The number of benzene rings is 2. The molecule has 0 spiro atoms. The predicted molar refractivity (Wildman–Crippen MR) is 85.8 cm³/mol. The van der Waals surface area contributed by atoms with Crippen molar-refractivity contribution < 1.29 is 0 Å². The molecule has 0 fully saturated rings. The number of rotatable bonds is 2. The van der Waals surface area contributed by atoms with E-state index in [0.717, 1.165) is 28.0 Å². The van der Waals surface area contributed by atoms with Crippen LogP contribution in [0.4, 0.5) is 11.4 Å². The second kappa shape index (κ2) is 4.88. The Morgan fingerprint density at radius 2 is 1.57 bits per heavy atom. The van der Waals surface area contributed by atoms with Gasteiger partial charge in [0.2, 0.25) is 0 Å². The van der Waals surface area contributed by atoms with Gasteiger partial charge in [0, 0.05) is 31.0 Å². The fourth-order valence-corrected chi connectivity index (χ4v) is 2.40. The van der Waals surface area contributed by atoms with Crippen molar-refractivity contribution in [2.45, 2.75) is 0 Å². The van der Waals surface area contributed by atoms with Gasteiger partial charge in [0.05, 0.1) is 11.0 Å². The molecule has 1 heterocycles. The van der Waals surface area contributed by atoms with Gasteiger partial charge in [0.15, 0.2) is 0 Å². The van der Waals surface area contributed by atoms with E-state index in [0.29, 0.717) is 0 Å². The van der Waals surface area contributed by atoms with Crippen molar-refractivity contribution in [3.8, 4) is 12.3 Å². The highest BCUT2D eigenvalue weighted by Crippen LogP contribution is 2.21. The summed E-state index contributed by atoms with van der Waals surface area (Å²) in [5, 5.41) is 3.31. The molecule has 104 valence electrons. The van der Waals surface area contributed by atoms with Crippen LogP contribution < -0.4 is 11.0 Å². The smallest absolute Gasteiger partial charge is 0.328 e. The zero-order valence-electron chi connectivity index (χ0n) is 11.9. The number of anilines is 2. The van der Waals surface area contributed by atoms with Crippen molar-refractivity contribution in [1.82, 2.24) is 9.13 Å². The van der Waals surface area contributed by atoms with Gasteiger partial charge in [-0.25, -0.2) is 4.79 Å². The molecule has 0 saturated carbocycles. The molecule has 0 aliphatic rings. The van der Waals surface area contributed by atoms with Gasteiger partial charge in [-0.3, -0.25) is 9.13 Å². The zero-order valence-corrected chi connectivity index (χ0v) is 11.9. The molecule has 0 unspecified atom stereocenters. The summed E-state index contributed by atoms with van der Waals surface area (Å²) < 4.78 is 3.28. The van der Waals surface area contributed by atoms with E-state index in [1.165, 1.54) is 0 Å². The summed E-state index contributed by atoms with van der Waals surface area (Å²) in [4.78, 5) is 11.9. The minimum absolute atomic E-state index is 0.0273. The summed E-state index contributed by atoms with van der Waals surface area (Å²) in [7, 11) is 3.55. The van der Waals surface area contributed by atoms with E-state index in [2.05, 4.69) is 11.2 Å². The van der Waals surface area contributed by atoms with Crippen molar-refractivity contribution in [3.63, 3.8) is 0 Å². The normalized spacial score (nSPS) is 10.5. The number of aromatic nitrogens is 2. The van der Waals surface area contributed by atoms with Crippen molar-refractivity contribution in [1.29, 1.82) is 0 Å². The van der Waals surface area contributed by atoms with Crippen molar-refractivity contribution in [2.75, 3.05) is 5.32 Å². The van der Waals surface area contributed by atoms with Gasteiger partial charge in [-0.1, -0.05) is 5.92 Å². The van der Waals surface area contributed by atoms with Crippen LogP contribution in [0.1, 0.15) is 5.56 Å². The molecule has 1 aromatic heterocycles. The van der Waals surface area contributed by atoms with Crippen molar-refractivity contribution in [3.05, 3.63) is 58.5 Å². The molecule has 0 radical (unpaired) electrons. The lowest BCUT2D eigenvalue weighted by atomic mass is 10.2. The van der Waals surface area contributed by atoms with Gasteiger partial charge in [-0.2, -0.15) is 0 Å². The largest absolute Gasteiger partial charge is 0.355 e. The van der Waals surface area contributed by atoms with Crippen LogP contribution in [0.2, 0.25) is 0 Å². The van der Waals surface area contributed by atoms with Crippen LogP contribution in [0, 0.1) is 12.3 Å². The summed E-state index contributed by atoms with van der Waals surface area (Å²) in [6.45, 7) is 0. The molecule has 0 aliphatic heterocycles. The molecule has 0 aliphatic carbocycles. The Bertz CT molecular complexity index is 908. The number of hydrogen-bond donors (Lipinski definition) is 1. The molecular formula is C17H15N3O. The number of nitrogens with zero attached hydrogens (tertiary/aromatic N) is 2. The molecule has 2 aromatic carbocycles. The van der Waals surface area contributed by atoms with Crippen LogP contribution >= 0.6 is 0 Å². The first-order valence-corrected chi connectivity index (χ1v) is 6.59. The van der Waals surface area contributed by atoms with Crippen LogP contribution in [-0.4, -0.2) is 9.13 Å². The topological polar surface area (TPSA) is 39.0 Å². The van der Waals surface area contributed by atoms with Crippen LogP contribution in [0.15, 0.2) is 47.3 Å². The molecule has 0 bridgehead atoms. The molecule has 21 heavy (non-hydrogen) atoms. The maximum Gasteiger partial charge on any atom is 0.328 e. The summed E-state index contributed by atoms with van der Waals surface area (Å²) >= 11 is 0. The second-order valence-electron chi connectivity index (χ2n) is 4.95. The van der Waals surface area contributed by atoms with Crippen LogP contribution in [0.3, 0.4) is 0 Å². The monoisotopic (exact) mass is 277 g/mol. The average molecular weight is 277 g/mol. The molecule has 4 nitrogen and oxygen atoms in total. The summed E-state index contributed by atoms with van der Waals surface area (Å²) in [5.74, 6) is 2.59. The van der Waals surface area contributed by atoms with E-state index in [4.69, 9.17) is 6.42 Å². The number of aryl methyl sites for hydroxylation is 2. The first-order chi connectivity index (χ1) is 10.1. The van der Waals surface area contributed by atoms with E-state index in [9.17, 15) is 4.79 Å². The van der Waals surface area contributed by atoms with Gasteiger partial charge < -0.3 is 5.32 Å². The lowest BCUT2D eigenvalue weighted by molar-refractivity contribution is 0.795. The Morgan fingerprint density at radius 1 is 0.952 bits per heavy atom. The van der Waals surface area contributed by atoms with Gasteiger partial charge >= 0.3 is 5.69 Å². The van der Waals surface area contributed by atoms with Crippen molar-refractivity contribution in [2.24, 2.45) is 14.1 Å². The Hall–Kier alpha value is -2.93. The minimum atomic E-state index is -0.0273. The lowest BCUT2D eigenvalue weighted by Gasteiger charge is -2.07. The third-order valence-corrected chi connectivity index (χ3v) is 3.61. The third-order valence-electron chi connectivity index (χ3n) is 3.61. The quantitative estimate of drug-likeness (QED) is 0.731. The summed E-state index contributed by atoms with van der Waals surface area (Å²) in [6.07, 6.45) is 5.34. The van der Waals surface area contributed by atoms with E-state index in [-0.39, 0.29) is 5.69 Å². The number of hydrogen-bond acceptors (Lipinski definition) is 2. The van der Waals surface area contributed by atoms with E-state index >= 15 is 0 Å². The molecule has 4 heteroatoms. The van der Waals surface area contributed by atoms with Gasteiger partial charge in [-0.05, 0) is 42.5 Å². The van der Waals surface area contributed by atoms with Crippen molar-refractivity contribution >= 4 is 22.4 Å². The first-order valence-electron chi connectivity index (χ1n) is 6.59. The molecule has 1 N–H and O–H groups in total. The zero-order chi connectivity index (χ0) is 15.0. The molecule has 3 aromatic rings. The van der Waals surface area contributed by atoms with E-state index < -0.39 is 0 Å². The SMILES string of the molecule is C#Cc1ccc(Nc2ccc3c(c2)n(C)c(=O)n3C)cc1. The molecule has 0 amide bonds. The second-order valence-corrected chi connectivity index (χ2v) is 4.95. The standard InChI is InChI=1S/C17H15N3O/c1-4-12-5-7-13(8-6-12)18-14-9-10-15-16(11-14)20(3)17(21)19(15)2/h1,5-11,18H,2-3H3. The highest BCUT2D eigenvalue weighted by molar-refractivity contribution is 5.81. The maximum absolute atomic E-state index is 11.9. The minimum Gasteiger partial charge on any atom is -0.355 e. The molecule has 0 saturated heterocycles. The van der Waals surface area contributed by atoms with Crippen LogP contribution in [-0.2, 0) is 14.1 Å². The van der Waals surface area contributed by atoms with Gasteiger partial charge in [-0.15, -0.1) is 6.42 Å². The van der Waals surface area contributed by atoms with Gasteiger partial charge in [0.1, 0.15) is 0 Å². The Balaban J connectivity index is 1.99. The molecule has 3 rings (SSSR count). The highest BCUT2D eigenvalue weighted by atomic mass is 16.1. The van der Waals surface area contributed by atoms with Crippen LogP contribution in [0.5, 0.6) is 0 Å². The summed E-state index contributed by atoms with van der Waals surface area (Å²) in [6, 6.07) is 13.5. The fraction of sp³-hybridized carbons (Fsp3) is 0.118. The first kappa shape index (κ1) is 13.1. The highest BCUT2D eigenvalue weighted by Gasteiger charge is 2.08. The predicted octanol–water partition coefficient (Wildman–Crippen LogP) is 2.60. The average Bonchev–Trinajstić information content (AvgIpc) is 2.73.